The summed E-state index contributed by atoms with van der Waals surface area (Å²) in [6, 6.07) is 3.41. The van der Waals surface area contributed by atoms with Crippen molar-refractivity contribution in [2.45, 2.75) is 36.0 Å². The molecule has 3 nitrogen and oxygen atoms in total. The molecule has 1 aromatic rings. The second-order valence-electron chi connectivity index (χ2n) is 4.76. The molecule has 6 heteroatoms. The molecule has 2 rings (SSSR count). The predicted octanol–water partition coefficient (Wildman–Crippen LogP) is 2.38. The molecule has 0 spiro atoms. The van der Waals surface area contributed by atoms with Crippen LogP contribution in [0.2, 0.25) is 5.02 Å². The highest BCUT2D eigenvalue weighted by atomic mass is 35.5. The van der Waals surface area contributed by atoms with Gasteiger partial charge in [0.25, 0.3) is 0 Å². The summed E-state index contributed by atoms with van der Waals surface area (Å²) in [5.74, 6) is -0.717. The van der Waals surface area contributed by atoms with E-state index in [0.717, 1.165) is 6.07 Å². The minimum Gasteiger partial charge on any atom is -0.327 e. The molecule has 0 radical (unpaired) electrons. The van der Waals surface area contributed by atoms with Gasteiger partial charge in [-0.2, -0.15) is 0 Å². The first-order chi connectivity index (χ1) is 8.34. The lowest BCUT2D eigenvalue weighted by atomic mass is 10.1. The van der Waals surface area contributed by atoms with Crippen molar-refractivity contribution < 1.29 is 12.8 Å². The van der Waals surface area contributed by atoms with Crippen LogP contribution in [0.5, 0.6) is 0 Å². The van der Waals surface area contributed by atoms with Gasteiger partial charge in [-0.3, -0.25) is 0 Å². The Hall–Kier alpha value is -0.650. The zero-order valence-corrected chi connectivity index (χ0v) is 11.5. The van der Waals surface area contributed by atoms with Gasteiger partial charge < -0.3 is 5.73 Å². The van der Waals surface area contributed by atoms with Gasteiger partial charge in [0.1, 0.15) is 5.82 Å². The third-order valence-corrected chi connectivity index (χ3v) is 6.33. The van der Waals surface area contributed by atoms with Crippen molar-refractivity contribution in [3.05, 3.63) is 29.0 Å². The van der Waals surface area contributed by atoms with Gasteiger partial charge in [-0.15, -0.1) is 0 Å². The first-order valence-electron chi connectivity index (χ1n) is 5.78. The number of hydrogen-bond acceptors (Lipinski definition) is 3. The summed E-state index contributed by atoms with van der Waals surface area (Å²) >= 11 is 5.63. The molecule has 0 bridgehead atoms. The number of hydrogen-bond donors (Lipinski definition) is 1. The fraction of sp³-hybridized carbons (Fsp3) is 0.500. The average molecular weight is 292 g/mol. The molecule has 1 saturated carbocycles. The lowest BCUT2D eigenvalue weighted by Gasteiger charge is -2.18. The number of nitrogens with two attached hydrogens (primary N) is 1. The maximum atomic E-state index is 13.1. The van der Waals surface area contributed by atoms with Crippen LogP contribution in [-0.4, -0.2) is 19.7 Å². The summed E-state index contributed by atoms with van der Waals surface area (Å²) in [4.78, 5) is 0.0693. The summed E-state index contributed by atoms with van der Waals surface area (Å²) in [5.41, 5.74) is 5.85. The van der Waals surface area contributed by atoms with E-state index in [1.165, 1.54) is 12.1 Å². The standard InChI is InChI=1S/C12H15ClFNO2S/c1-7-11(15)4-5-12(7)18(16,17)8-2-3-10(14)9(13)6-8/h2-3,6-7,11-12H,4-5,15H2,1H3. The van der Waals surface area contributed by atoms with Crippen LogP contribution in [0, 0.1) is 11.7 Å². The van der Waals surface area contributed by atoms with Gasteiger partial charge >= 0.3 is 0 Å². The van der Waals surface area contributed by atoms with Crippen LogP contribution in [0.4, 0.5) is 4.39 Å². The Kier molecular flexibility index (Phi) is 3.67. The highest BCUT2D eigenvalue weighted by molar-refractivity contribution is 7.92. The van der Waals surface area contributed by atoms with Gasteiger partial charge in [0.15, 0.2) is 9.84 Å². The molecule has 100 valence electrons. The summed E-state index contributed by atoms with van der Waals surface area (Å²) in [6.07, 6.45) is 1.24. The molecule has 0 saturated heterocycles. The zero-order valence-electron chi connectivity index (χ0n) is 9.94. The minimum atomic E-state index is -3.49. The highest BCUT2D eigenvalue weighted by Gasteiger charge is 2.40. The van der Waals surface area contributed by atoms with Crippen molar-refractivity contribution in [3.8, 4) is 0 Å². The Morgan fingerprint density at radius 3 is 2.56 bits per heavy atom. The van der Waals surface area contributed by atoms with Gasteiger partial charge in [0, 0.05) is 6.04 Å². The summed E-state index contributed by atoms with van der Waals surface area (Å²) in [6.45, 7) is 1.84. The van der Waals surface area contributed by atoms with Gasteiger partial charge in [0.2, 0.25) is 0 Å². The first-order valence-corrected chi connectivity index (χ1v) is 7.71. The first kappa shape index (κ1) is 13.8. The molecular formula is C12H15ClFNO2S. The summed E-state index contributed by atoms with van der Waals surface area (Å²) < 4.78 is 37.9. The van der Waals surface area contributed by atoms with Crippen LogP contribution in [0.15, 0.2) is 23.1 Å². The molecule has 1 aliphatic rings. The van der Waals surface area contributed by atoms with E-state index in [0.29, 0.717) is 12.8 Å². The Morgan fingerprint density at radius 2 is 2.06 bits per heavy atom. The maximum absolute atomic E-state index is 13.1. The van der Waals surface area contributed by atoms with E-state index in [1.54, 1.807) is 0 Å². The third-order valence-electron chi connectivity index (χ3n) is 3.66. The van der Waals surface area contributed by atoms with E-state index in [-0.39, 0.29) is 21.9 Å². The fourth-order valence-electron chi connectivity index (χ4n) is 2.42. The predicted molar refractivity (Wildman–Crippen MR) is 68.8 cm³/mol. The van der Waals surface area contributed by atoms with Crippen molar-refractivity contribution in [1.82, 2.24) is 0 Å². The van der Waals surface area contributed by atoms with E-state index in [2.05, 4.69) is 0 Å². The van der Waals surface area contributed by atoms with Gasteiger partial charge in [-0.05, 0) is 37.0 Å². The van der Waals surface area contributed by atoms with Gasteiger partial charge in [0.05, 0.1) is 15.2 Å². The largest absolute Gasteiger partial charge is 0.327 e. The van der Waals surface area contributed by atoms with Crippen LogP contribution < -0.4 is 5.73 Å². The number of sulfone groups is 1. The Labute approximate surface area is 111 Å². The smallest absolute Gasteiger partial charge is 0.181 e. The van der Waals surface area contributed by atoms with Crippen molar-refractivity contribution in [3.63, 3.8) is 0 Å². The van der Waals surface area contributed by atoms with Crippen LogP contribution in [0.1, 0.15) is 19.8 Å². The molecule has 0 aromatic heterocycles. The normalized spacial score (nSPS) is 28.6. The fourth-order valence-corrected chi connectivity index (χ4v) is 4.77. The summed E-state index contributed by atoms with van der Waals surface area (Å²) in [5, 5.41) is -0.681. The van der Waals surface area contributed by atoms with Crippen molar-refractivity contribution in [2.75, 3.05) is 0 Å². The summed E-state index contributed by atoms with van der Waals surface area (Å²) in [7, 11) is -3.49. The van der Waals surface area contributed by atoms with Crippen LogP contribution in [0.25, 0.3) is 0 Å². The zero-order chi connectivity index (χ0) is 13.5. The third kappa shape index (κ3) is 2.27. The lowest BCUT2D eigenvalue weighted by molar-refractivity contribution is 0.507. The van der Waals surface area contributed by atoms with Crippen molar-refractivity contribution >= 4 is 21.4 Å². The Morgan fingerprint density at radius 1 is 1.39 bits per heavy atom. The van der Waals surface area contributed by atoms with Gasteiger partial charge in [-0.25, -0.2) is 12.8 Å². The molecule has 1 aromatic carbocycles. The molecule has 1 aliphatic carbocycles. The van der Waals surface area contributed by atoms with E-state index in [9.17, 15) is 12.8 Å². The molecule has 2 N–H and O–H groups in total. The van der Waals surface area contributed by atoms with Crippen molar-refractivity contribution in [2.24, 2.45) is 11.7 Å². The van der Waals surface area contributed by atoms with Crippen LogP contribution >= 0.6 is 11.6 Å². The second kappa shape index (κ2) is 4.79. The molecule has 1 fully saturated rings. The van der Waals surface area contributed by atoms with Crippen LogP contribution in [-0.2, 0) is 9.84 Å². The molecular weight excluding hydrogens is 277 g/mol. The van der Waals surface area contributed by atoms with E-state index >= 15 is 0 Å². The van der Waals surface area contributed by atoms with Gasteiger partial charge in [-0.1, -0.05) is 18.5 Å². The second-order valence-corrected chi connectivity index (χ2v) is 7.33. The molecule has 0 heterocycles. The maximum Gasteiger partial charge on any atom is 0.181 e. The topological polar surface area (TPSA) is 60.2 Å². The number of rotatable bonds is 2. The number of benzene rings is 1. The molecule has 0 amide bonds. The lowest BCUT2D eigenvalue weighted by Crippen LogP contribution is -2.32. The van der Waals surface area contributed by atoms with E-state index in [1.807, 2.05) is 6.92 Å². The Balaban J connectivity index is 2.39. The average Bonchev–Trinajstić information content (AvgIpc) is 2.64. The van der Waals surface area contributed by atoms with E-state index < -0.39 is 20.9 Å². The monoisotopic (exact) mass is 291 g/mol. The minimum absolute atomic E-state index is 0.0693. The molecule has 0 aliphatic heterocycles. The van der Waals surface area contributed by atoms with Crippen molar-refractivity contribution in [1.29, 1.82) is 0 Å². The van der Waals surface area contributed by atoms with Crippen LogP contribution in [0.3, 0.4) is 0 Å². The number of halogens is 2. The van der Waals surface area contributed by atoms with E-state index in [4.69, 9.17) is 17.3 Å². The molecule has 3 unspecified atom stereocenters. The quantitative estimate of drug-likeness (QED) is 0.851. The molecule has 18 heavy (non-hydrogen) atoms. The SMILES string of the molecule is CC1C(N)CCC1S(=O)(=O)c1ccc(F)c(Cl)c1. The highest BCUT2D eigenvalue weighted by Crippen LogP contribution is 2.34. The molecule has 3 atom stereocenters. The Bertz CT molecular complexity index is 561.